The minimum atomic E-state index is -1.92. The first-order chi connectivity index (χ1) is 16.7. The van der Waals surface area contributed by atoms with Crippen molar-refractivity contribution in [1.82, 2.24) is 10.3 Å². The van der Waals surface area contributed by atoms with Gasteiger partial charge in [0.1, 0.15) is 16.8 Å². The number of halogens is 4. The lowest BCUT2D eigenvalue weighted by atomic mass is 10.1. The number of thiocarbonyl (C=S) groups is 1. The summed E-state index contributed by atoms with van der Waals surface area (Å²) in [6, 6.07) is 11.7. The van der Waals surface area contributed by atoms with Crippen molar-refractivity contribution in [1.29, 1.82) is 0 Å². The van der Waals surface area contributed by atoms with Crippen LogP contribution < -0.4 is 20.1 Å². The standard InChI is InChI=1S/C23H15F4N3O4S/c1-32-12-6-7-14-13(9-12)29-22(34-14)10-4-3-5-11(8-10)28-23(35)30-21(31)15-16(24)18(26)20(33-2)19(27)17(15)25/h3-9H,1-2H3,(H2,28,30,31,35). The van der Waals surface area contributed by atoms with Crippen LogP contribution in [-0.4, -0.2) is 30.2 Å². The van der Waals surface area contributed by atoms with E-state index in [4.69, 9.17) is 21.4 Å². The second kappa shape index (κ2) is 9.58. The Labute approximate surface area is 200 Å². The molecule has 0 aliphatic rings. The number of anilines is 1. The van der Waals surface area contributed by atoms with Gasteiger partial charge in [0.05, 0.1) is 14.2 Å². The van der Waals surface area contributed by atoms with E-state index in [0.29, 0.717) is 34.0 Å². The predicted molar refractivity (Wildman–Crippen MR) is 123 cm³/mol. The second-order valence-corrected chi connectivity index (χ2v) is 7.41. The number of hydrogen-bond acceptors (Lipinski definition) is 6. The van der Waals surface area contributed by atoms with E-state index in [2.05, 4.69) is 15.0 Å². The van der Waals surface area contributed by atoms with E-state index >= 15 is 0 Å². The minimum Gasteiger partial charge on any atom is -0.497 e. The van der Waals surface area contributed by atoms with Gasteiger partial charge in [0.2, 0.25) is 17.5 Å². The van der Waals surface area contributed by atoms with Crippen LogP contribution in [0.4, 0.5) is 23.2 Å². The van der Waals surface area contributed by atoms with Crippen LogP contribution in [0.15, 0.2) is 46.9 Å². The summed E-state index contributed by atoms with van der Waals surface area (Å²) in [6.07, 6.45) is 0. The Hall–Kier alpha value is -4.19. The highest BCUT2D eigenvalue weighted by Gasteiger charge is 2.30. The van der Waals surface area contributed by atoms with Gasteiger partial charge >= 0.3 is 0 Å². The highest BCUT2D eigenvalue weighted by molar-refractivity contribution is 7.80. The fourth-order valence-electron chi connectivity index (χ4n) is 3.21. The molecule has 180 valence electrons. The zero-order valence-corrected chi connectivity index (χ0v) is 18.9. The van der Waals surface area contributed by atoms with Crippen LogP contribution in [0, 0.1) is 23.3 Å². The van der Waals surface area contributed by atoms with Crippen molar-refractivity contribution in [2.45, 2.75) is 0 Å². The first-order valence-electron chi connectivity index (χ1n) is 9.80. The molecule has 35 heavy (non-hydrogen) atoms. The van der Waals surface area contributed by atoms with E-state index in [9.17, 15) is 22.4 Å². The van der Waals surface area contributed by atoms with Crippen LogP contribution in [0.25, 0.3) is 22.6 Å². The molecule has 0 saturated heterocycles. The number of rotatable bonds is 5. The zero-order valence-electron chi connectivity index (χ0n) is 18.0. The van der Waals surface area contributed by atoms with Gasteiger partial charge in [-0.25, -0.2) is 13.8 Å². The Morgan fingerprint density at radius 1 is 0.971 bits per heavy atom. The van der Waals surface area contributed by atoms with Crippen molar-refractivity contribution in [2.24, 2.45) is 0 Å². The Balaban J connectivity index is 1.53. The highest BCUT2D eigenvalue weighted by atomic mass is 32.1. The summed E-state index contributed by atoms with van der Waals surface area (Å²) in [5, 5.41) is 4.25. The lowest BCUT2D eigenvalue weighted by Gasteiger charge is -2.13. The average Bonchev–Trinajstić information content (AvgIpc) is 3.27. The SMILES string of the molecule is COc1ccc2oc(-c3cccc(NC(=S)NC(=O)c4c(F)c(F)c(OC)c(F)c4F)c3)nc2c1. The van der Waals surface area contributed by atoms with Crippen LogP contribution in [0.5, 0.6) is 11.5 Å². The lowest BCUT2D eigenvalue weighted by molar-refractivity contribution is 0.0966. The maximum Gasteiger partial charge on any atom is 0.263 e. The third-order valence-corrected chi connectivity index (χ3v) is 5.05. The summed E-state index contributed by atoms with van der Waals surface area (Å²) >= 11 is 5.00. The van der Waals surface area contributed by atoms with Gasteiger partial charge < -0.3 is 19.2 Å². The predicted octanol–water partition coefficient (Wildman–Crippen LogP) is 5.20. The molecule has 0 saturated carbocycles. The van der Waals surface area contributed by atoms with Crippen LogP contribution in [0.2, 0.25) is 0 Å². The first kappa shape index (κ1) is 24.0. The molecule has 0 atom stereocenters. The highest BCUT2D eigenvalue weighted by Crippen LogP contribution is 2.30. The van der Waals surface area contributed by atoms with Gasteiger partial charge in [-0.2, -0.15) is 8.78 Å². The molecule has 0 radical (unpaired) electrons. The number of oxazole rings is 1. The Kier molecular flexibility index (Phi) is 6.56. The summed E-state index contributed by atoms with van der Waals surface area (Å²) in [6.45, 7) is 0. The van der Waals surface area contributed by atoms with Gasteiger partial charge in [-0.3, -0.25) is 10.1 Å². The fourth-order valence-corrected chi connectivity index (χ4v) is 3.42. The number of hydrogen-bond donors (Lipinski definition) is 2. The largest absolute Gasteiger partial charge is 0.497 e. The van der Waals surface area contributed by atoms with E-state index in [1.807, 2.05) is 5.32 Å². The van der Waals surface area contributed by atoms with Crippen LogP contribution in [0.1, 0.15) is 10.4 Å². The maximum atomic E-state index is 14.2. The van der Waals surface area contributed by atoms with E-state index in [1.54, 1.807) is 42.5 Å². The molecular formula is C23H15F4N3O4S. The number of methoxy groups -OCH3 is 2. The molecule has 1 aromatic heterocycles. The maximum absolute atomic E-state index is 14.2. The van der Waals surface area contributed by atoms with E-state index in [0.717, 1.165) is 7.11 Å². The molecule has 2 N–H and O–H groups in total. The quantitative estimate of drug-likeness (QED) is 0.219. The summed E-state index contributed by atoms with van der Waals surface area (Å²) in [4.78, 5) is 16.7. The molecule has 7 nitrogen and oxygen atoms in total. The molecule has 0 fully saturated rings. The minimum absolute atomic E-state index is 0.292. The molecule has 0 bridgehead atoms. The topological polar surface area (TPSA) is 85.6 Å². The number of benzene rings is 3. The van der Waals surface area contributed by atoms with Gasteiger partial charge in [-0.05, 0) is 42.5 Å². The van der Waals surface area contributed by atoms with Gasteiger partial charge in [-0.1, -0.05) is 6.07 Å². The molecule has 0 aliphatic heterocycles. The van der Waals surface area contributed by atoms with Gasteiger partial charge in [0.25, 0.3) is 5.91 Å². The van der Waals surface area contributed by atoms with Gasteiger partial charge in [-0.15, -0.1) is 0 Å². The van der Waals surface area contributed by atoms with E-state index < -0.39 is 40.5 Å². The number of ether oxygens (including phenoxy) is 2. The smallest absolute Gasteiger partial charge is 0.263 e. The van der Waals surface area contributed by atoms with Crippen molar-refractivity contribution < 1.29 is 36.2 Å². The van der Waals surface area contributed by atoms with E-state index in [-0.39, 0.29) is 5.11 Å². The van der Waals surface area contributed by atoms with Crippen molar-refractivity contribution in [3.63, 3.8) is 0 Å². The first-order valence-corrected chi connectivity index (χ1v) is 10.2. The number of nitrogens with zero attached hydrogens (tertiary/aromatic N) is 1. The molecule has 0 unspecified atom stereocenters. The number of aromatic nitrogens is 1. The van der Waals surface area contributed by atoms with E-state index in [1.165, 1.54) is 7.11 Å². The number of carbonyl (C=O) groups is 1. The molecule has 0 spiro atoms. The van der Waals surface area contributed by atoms with Crippen molar-refractivity contribution in [3.05, 3.63) is 71.3 Å². The molecule has 1 heterocycles. The number of fused-ring (bicyclic) bond motifs is 1. The summed E-state index contributed by atoms with van der Waals surface area (Å²) in [5.74, 6) is -9.42. The summed E-state index contributed by atoms with van der Waals surface area (Å²) < 4.78 is 71.4. The fraction of sp³-hybridized carbons (Fsp3) is 0.0870. The number of carbonyl (C=O) groups excluding carboxylic acids is 1. The third-order valence-electron chi connectivity index (χ3n) is 4.84. The second-order valence-electron chi connectivity index (χ2n) is 7.01. The Morgan fingerprint density at radius 2 is 1.69 bits per heavy atom. The zero-order chi connectivity index (χ0) is 25.3. The molecule has 4 aromatic rings. The van der Waals surface area contributed by atoms with Crippen LogP contribution >= 0.6 is 12.2 Å². The van der Waals surface area contributed by atoms with Gasteiger partial charge in [0.15, 0.2) is 28.1 Å². The molecular weight excluding hydrogens is 490 g/mol. The average molecular weight is 505 g/mol. The van der Waals surface area contributed by atoms with Crippen molar-refractivity contribution in [3.8, 4) is 23.0 Å². The molecule has 0 aliphatic carbocycles. The Bertz CT molecular complexity index is 1450. The van der Waals surface area contributed by atoms with Crippen LogP contribution in [-0.2, 0) is 0 Å². The van der Waals surface area contributed by atoms with Gasteiger partial charge in [0, 0.05) is 17.3 Å². The number of nitrogens with one attached hydrogen (secondary N) is 2. The molecule has 4 rings (SSSR count). The van der Waals surface area contributed by atoms with Crippen LogP contribution in [0.3, 0.4) is 0 Å². The summed E-state index contributed by atoms with van der Waals surface area (Å²) in [7, 11) is 2.36. The normalized spacial score (nSPS) is 10.8. The number of amides is 1. The monoisotopic (exact) mass is 505 g/mol. The third kappa shape index (κ3) is 4.60. The molecule has 1 amide bonds. The summed E-state index contributed by atoms with van der Waals surface area (Å²) in [5.41, 5.74) is 0.533. The van der Waals surface area contributed by atoms with Crippen molar-refractivity contribution in [2.75, 3.05) is 19.5 Å². The Morgan fingerprint density at radius 3 is 2.34 bits per heavy atom. The molecule has 12 heteroatoms. The lowest BCUT2D eigenvalue weighted by Crippen LogP contribution is -2.35. The molecule has 3 aromatic carbocycles. The van der Waals surface area contributed by atoms with Crippen molar-refractivity contribution >= 4 is 40.0 Å².